The summed E-state index contributed by atoms with van der Waals surface area (Å²) in [6.45, 7) is 12.3. The number of aliphatic hydroxyl groups is 1. The van der Waals surface area contributed by atoms with Crippen LogP contribution in [0.1, 0.15) is 105 Å². The van der Waals surface area contributed by atoms with Crippen LogP contribution >= 0.6 is 0 Å². The fraction of sp³-hybridized carbons (Fsp3) is 0.529. The largest absolute Gasteiger partial charge is 0.465 e. The van der Waals surface area contributed by atoms with E-state index in [2.05, 4.69) is 58.1 Å². The molecule has 0 fully saturated rings. The van der Waals surface area contributed by atoms with Gasteiger partial charge in [-0.2, -0.15) is 0 Å². The molecule has 1 N–H and O–H groups in total. The Bertz CT molecular complexity index is 1220. The standard InChI is InChI=1S/C34H48NO4Si/c1-34(2,3)30(16-11-9-7-8-10-12-21-39-40(5)6)26-18-17-25-19-20-29(35-31(25)23-26)24-32(36)27-14-13-15-28(22-27)33(37)38-4/h13-15,17-20,22-23,30,32,36H,7-12,16,21,24H2,1-6H3. The molecule has 40 heavy (non-hydrogen) atoms. The quantitative estimate of drug-likeness (QED) is 0.114. The van der Waals surface area contributed by atoms with Gasteiger partial charge in [-0.25, -0.2) is 4.79 Å². The second-order valence-corrected chi connectivity index (χ2v) is 14.3. The number of unbranched alkanes of at least 4 members (excludes halogenated alkanes) is 5. The van der Waals surface area contributed by atoms with Gasteiger partial charge in [0, 0.05) is 24.1 Å². The molecule has 0 bridgehead atoms. The zero-order valence-corrected chi connectivity index (χ0v) is 26.3. The Morgan fingerprint density at radius 1 is 0.925 bits per heavy atom. The monoisotopic (exact) mass is 562 g/mol. The maximum atomic E-state index is 11.9. The molecule has 0 aliphatic carbocycles. The molecule has 0 amide bonds. The van der Waals surface area contributed by atoms with E-state index < -0.39 is 21.1 Å². The second-order valence-electron chi connectivity index (χ2n) is 12.2. The fourth-order valence-electron chi connectivity index (χ4n) is 5.35. The van der Waals surface area contributed by atoms with Crippen molar-refractivity contribution in [3.05, 3.63) is 77.0 Å². The summed E-state index contributed by atoms with van der Waals surface area (Å²) < 4.78 is 10.6. The van der Waals surface area contributed by atoms with Gasteiger partial charge in [-0.1, -0.05) is 83.2 Å². The smallest absolute Gasteiger partial charge is 0.337 e. The molecule has 0 aliphatic rings. The van der Waals surface area contributed by atoms with E-state index in [1.807, 2.05) is 12.1 Å². The van der Waals surface area contributed by atoms with E-state index >= 15 is 0 Å². The van der Waals surface area contributed by atoms with Crippen LogP contribution in [0.15, 0.2) is 54.6 Å². The molecule has 6 heteroatoms. The molecule has 217 valence electrons. The number of pyridine rings is 1. The molecule has 2 atom stereocenters. The van der Waals surface area contributed by atoms with Crippen LogP contribution < -0.4 is 0 Å². The van der Waals surface area contributed by atoms with Crippen molar-refractivity contribution in [2.45, 2.75) is 97.3 Å². The van der Waals surface area contributed by atoms with Crippen molar-refractivity contribution >= 4 is 25.9 Å². The van der Waals surface area contributed by atoms with Crippen LogP contribution in [0.25, 0.3) is 10.9 Å². The van der Waals surface area contributed by atoms with Crippen LogP contribution in [-0.2, 0) is 15.6 Å². The molecule has 2 aromatic carbocycles. The molecule has 3 aromatic rings. The van der Waals surface area contributed by atoms with E-state index in [-0.39, 0.29) is 5.41 Å². The third-order valence-electron chi connectivity index (χ3n) is 7.59. The van der Waals surface area contributed by atoms with Crippen molar-refractivity contribution in [1.29, 1.82) is 0 Å². The summed E-state index contributed by atoms with van der Waals surface area (Å²) in [6.07, 6.45) is 8.33. The maximum Gasteiger partial charge on any atom is 0.337 e. The highest BCUT2D eigenvalue weighted by Crippen LogP contribution is 2.40. The van der Waals surface area contributed by atoms with Crippen LogP contribution in [0.5, 0.6) is 0 Å². The first-order valence-corrected chi connectivity index (χ1v) is 17.2. The lowest BCUT2D eigenvalue weighted by Gasteiger charge is -2.31. The number of carbonyl (C=O) groups is 1. The molecule has 0 spiro atoms. The fourth-order valence-corrected chi connectivity index (χ4v) is 5.90. The molecular formula is C34H48NO4Si. The highest BCUT2D eigenvalue weighted by Gasteiger charge is 2.26. The average Bonchev–Trinajstić information content (AvgIpc) is 2.92. The molecule has 5 nitrogen and oxygen atoms in total. The molecule has 1 heterocycles. The number of ether oxygens (including phenoxy) is 1. The Balaban J connectivity index is 1.63. The van der Waals surface area contributed by atoms with Crippen molar-refractivity contribution < 1.29 is 19.1 Å². The minimum atomic E-state index is -0.760. The third-order valence-corrected chi connectivity index (χ3v) is 8.38. The summed E-state index contributed by atoms with van der Waals surface area (Å²) in [7, 11) is 0.805. The van der Waals surface area contributed by atoms with Crippen LogP contribution in [0.2, 0.25) is 13.1 Å². The summed E-state index contributed by atoms with van der Waals surface area (Å²) in [5.41, 5.74) is 4.39. The highest BCUT2D eigenvalue weighted by atomic mass is 28.3. The number of esters is 1. The molecule has 0 aliphatic heterocycles. The predicted molar refractivity (Wildman–Crippen MR) is 166 cm³/mol. The number of benzene rings is 2. The number of nitrogens with zero attached hydrogens (tertiary/aromatic N) is 1. The van der Waals surface area contributed by atoms with Crippen molar-refractivity contribution in [2.24, 2.45) is 5.41 Å². The number of aliphatic hydroxyl groups excluding tert-OH is 1. The number of methoxy groups -OCH3 is 1. The number of aromatic nitrogens is 1. The van der Waals surface area contributed by atoms with Crippen molar-refractivity contribution in [2.75, 3.05) is 13.7 Å². The molecule has 2 unspecified atom stereocenters. The molecular weight excluding hydrogens is 514 g/mol. The van der Waals surface area contributed by atoms with E-state index in [1.54, 1.807) is 18.2 Å². The Hall–Kier alpha value is -2.54. The molecule has 1 radical (unpaired) electrons. The zero-order chi connectivity index (χ0) is 29.1. The number of carbonyl (C=O) groups excluding carboxylic acids is 1. The van der Waals surface area contributed by atoms with E-state index in [0.717, 1.165) is 23.2 Å². The van der Waals surface area contributed by atoms with E-state index in [9.17, 15) is 9.90 Å². The van der Waals surface area contributed by atoms with Gasteiger partial charge in [0.25, 0.3) is 0 Å². The minimum absolute atomic E-state index is 0.156. The molecule has 0 saturated carbocycles. The summed E-state index contributed by atoms with van der Waals surface area (Å²) in [5.74, 6) is 0.0454. The summed E-state index contributed by atoms with van der Waals surface area (Å²) in [6, 6.07) is 17.7. The normalized spacial score (nSPS) is 13.5. The van der Waals surface area contributed by atoms with Gasteiger partial charge in [0.2, 0.25) is 9.04 Å². The number of hydrogen-bond acceptors (Lipinski definition) is 5. The maximum absolute atomic E-state index is 11.9. The van der Waals surface area contributed by atoms with Gasteiger partial charge >= 0.3 is 5.97 Å². The van der Waals surface area contributed by atoms with Crippen LogP contribution in [0.3, 0.4) is 0 Å². The number of hydrogen-bond donors (Lipinski definition) is 1. The average molecular weight is 563 g/mol. The van der Waals surface area contributed by atoms with E-state index in [0.29, 0.717) is 23.5 Å². The second kappa shape index (κ2) is 15.5. The van der Waals surface area contributed by atoms with E-state index in [4.69, 9.17) is 14.1 Å². The van der Waals surface area contributed by atoms with Gasteiger partial charge in [-0.05, 0) is 72.7 Å². The van der Waals surface area contributed by atoms with Gasteiger partial charge in [0.05, 0.1) is 24.3 Å². The van der Waals surface area contributed by atoms with E-state index in [1.165, 1.54) is 57.6 Å². The van der Waals surface area contributed by atoms with Gasteiger partial charge in [-0.15, -0.1) is 0 Å². The first-order chi connectivity index (χ1) is 19.1. The SMILES string of the molecule is COC(=O)c1cccc(C(O)Cc2ccc3ccc(C(CCCCCCCCO[Si](C)C)C(C)(C)C)cc3n2)c1. The van der Waals surface area contributed by atoms with Crippen LogP contribution in [-0.4, -0.2) is 38.8 Å². The van der Waals surface area contributed by atoms with Gasteiger partial charge in [0.1, 0.15) is 0 Å². The predicted octanol–water partition coefficient (Wildman–Crippen LogP) is 8.43. The summed E-state index contributed by atoms with van der Waals surface area (Å²) in [5, 5.41) is 12.0. The lowest BCUT2D eigenvalue weighted by Crippen LogP contribution is -2.18. The topological polar surface area (TPSA) is 68.7 Å². The molecule has 3 rings (SSSR count). The van der Waals surface area contributed by atoms with Crippen LogP contribution in [0, 0.1) is 5.41 Å². The Morgan fingerprint density at radius 2 is 1.62 bits per heavy atom. The van der Waals surface area contributed by atoms with Gasteiger partial charge in [0.15, 0.2) is 0 Å². The third kappa shape index (κ3) is 9.83. The summed E-state index contributed by atoms with van der Waals surface area (Å²) >= 11 is 0. The van der Waals surface area contributed by atoms with Crippen molar-refractivity contribution in [3.8, 4) is 0 Å². The first kappa shape index (κ1) is 32.0. The number of fused-ring (bicyclic) bond motifs is 1. The van der Waals surface area contributed by atoms with Crippen molar-refractivity contribution in [1.82, 2.24) is 4.98 Å². The van der Waals surface area contributed by atoms with Gasteiger partial charge in [-0.3, -0.25) is 4.98 Å². The lowest BCUT2D eigenvalue weighted by molar-refractivity contribution is 0.0600. The highest BCUT2D eigenvalue weighted by molar-refractivity contribution is 6.48. The molecule has 1 aromatic heterocycles. The summed E-state index contributed by atoms with van der Waals surface area (Å²) in [4.78, 5) is 16.8. The molecule has 0 saturated heterocycles. The lowest BCUT2D eigenvalue weighted by atomic mass is 9.73. The zero-order valence-electron chi connectivity index (χ0n) is 25.3. The minimum Gasteiger partial charge on any atom is -0.465 e. The van der Waals surface area contributed by atoms with Crippen molar-refractivity contribution in [3.63, 3.8) is 0 Å². The Morgan fingerprint density at radius 3 is 2.33 bits per heavy atom. The first-order valence-electron chi connectivity index (χ1n) is 14.8. The van der Waals surface area contributed by atoms with Gasteiger partial charge < -0.3 is 14.3 Å². The Labute approximate surface area is 243 Å². The Kier molecular flexibility index (Phi) is 12.4. The van der Waals surface area contributed by atoms with Crippen LogP contribution in [0.4, 0.5) is 0 Å². The number of rotatable bonds is 15.